The second kappa shape index (κ2) is 8.75. The van der Waals surface area contributed by atoms with Crippen molar-refractivity contribution in [2.75, 3.05) is 33.2 Å². The molecule has 0 amide bonds. The normalized spacial score (nSPS) is 13.2. The predicted molar refractivity (Wildman–Crippen MR) is 111 cm³/mol. The second-order valence-corrected chi connectivity index (χ2v) is 7.44. The Bertz CT molecular complexity index is 898. The summed E-state index contributed by atoms with van der Waals surface area (Å²) in [6.07, 6.45) is 0. The summed E-state index contributed by atoms with van der Waals surface area (Å²) in [5.41, 5.74) is 6.76. The Hall–Kier alpha value is -2.71. The molecule has 0 saturated heterocycles. The molecule has 0 aliphatic heterocycles. The van der Waals surface area contributed by atoms with Gasteiger partial charge in [-0.1, -0.05) is 19.9 Å². The number of aromatic nitrogens is 2. The molecule has 0 saturated carbocycles. The first-order valence-electron chi connectivity index (χ1n) is 9.31. The lowest BCUT2D eigenvalue weighted by Crippen LogP contribution is -2.48. The van der Waals surface area contributed by atoms with Crippen LogP contribution < -0.4 is 15.4 Å². The maximum absolute atomic E-state index is 12.5. The number of hydrogen-bond acceptors (Lipinski definition) is 8. The number of nitrogens with two attached hydrogens (primary N) is 1. The predicted octanol–water partition coefficient (Wildman–Crippen LogP) is 3.01. The van der Waals surface area contributed by atoms with E-state index in [1.54, 1.807) is 25.9 Å². The fourth-order valence-corrected chi connectivity index (χ4v) is 2.97. The number of carbonyl (C=O) groups excluding carboxylic acids is 1. The molecule has 0 aliphatic rings. The molecule has 2 rings (SSSR count). The van der Waals surface area contributed by atoms with Gasteiger partial charge in [0.05, 0.1) is 7.11 Å². The molecular formula is C21H30N4O4. The van der Waals surface area contributed by atoms with E-state index in [0.717, 1.165) is 11.1 Å². The Morgan fingerprint density at radius 3 is 2.31 bits per heavy atom. The van der Waals surface area contributed by atoms with Crippen LogP contribution in [0.3, 0.4) is 0 Å². The van der Waals surface area contributed by atoms with Gasteiger partial charge in [0.2, 0.25) is 5.88 Å². The van der Waals surface area contributed by atoms with Crippen LogP contribution in [0.15, 0.2) is 18.2 Å². The zero-order valence-corrected chi connectivity index (χ0v) is 18.4. The van der Waals surface area contributed by atoms with Crippen molar-refractivity contribution < 1.29 is 19.0 Å². The third-order valence-corrected chi connectivity index (χ3v) is 4.53. The number of rotatable bonds is 7. The van der Waals surface area contributed by atoms with Crippen LogP contribution in [0.4, 0.5) is 5.82 Å². The number of carbonyl (C=O) groups is 1. The van der Waals surface area contributed by atoms with Crippen LogP contribution in [0, 0.1) is 13.8 Å². The van der Waals surface area contributed by atoms with Crippen molar-refractivity contribution in [1.82, 2.24) is 9.97 Å². The van der Waals surface area contributed by atoms with E-state index in [-0.39, 0.29) is 11.4 Å². The van der Waals surface area contributed by atoms with E-state index in [4.69, 9.17) is 19.9 Å². The number of benzene rings is 1. The number of anilines is 1. The molecule has 8 heteroatoms. The van der Waals surface area contributed by atoms with Crippen molar-refractivity contribution >= 4 is 11.8 Å². The van der Waals surface area contributed by atoms with Crippen LogP contribution in [0.2, 0.25) is 0 Å². The van der Waals surface area contributed by atoms with Crippen molar-refractivity contribution in [3.63, 3.8) is 0 Å². The summed E-state index contributed by atoms with van der Waals surface area (Å²) in [5.74, 6) is 1.13. The van der Waals surface area contributed by atoms with E-state index < -0.39 is 11.7 Å². The average molecular weight is 402 g/mol. The molecule has 0 spiro atoms. The first-order valence-corrected chi connectivity index (χ1v) is 9.31. The first-order chi connectivity index (χ1) is 13.5. The van der Waals surface area contributed by atoms with E-state index in [0.29, 0.717) is 23.3 Å². The quantitative estimate of drug-likeness (QED) is 0.557. The van der Waals surface area contributed by atoms with E-state index >= 15 is 0 Å². The van der Waals surface area contributed by atoms with Crippen LogP contribution >= 0.6 is 0 Å². The lowest BCUT2D eigenvalue weighted by atomic mass is 10.0. The van der Waals surface area contributed by atoms with E-state index in [9.17, 15) is 4.79 Å². The highest BCUT2D eigenvalue weighted by Crippen LogP contribution is 2.38. The van der Waals surface area contributed by atoms with Crippen LogP contribution in [0.25, 0.3) is 0 Å². The third kappa shape index (κ3) is 4.65. The fourth-order valence-electron chi connectivity index (χ4n) is 2.97. The minimum absolute atomic E-state index is 0.135. The molecule has 1 aromatic heterocycles. The van der Waals surface area contributed by atoms with Gasteiger partial charge in [-0.3, -0.25) is 5.73 Å². The molecule has 0 radical (unpaired) electrons. The van der Waals surface area contributed by atoms with Crippen molar-refractivity contribution in [3.05, 3.63) is 40.7 Å². The fraction of sp³-hybridized carbons (Fsp3) is 0.476. The lowest BCUT2D eigenvalue weighted by Gasteiger charge is -2.30. The van der Waals surface area contributed by atoms with Gasteiger partial charge in [-0.25, -0.2) is 9.78 Å². The molecule has 1 heterocycles. The molecular weight excluding hydrogens is 372 g/mol. The van der Waals surface area contributed by atoms with Gasteiger partial charge in [0, 0.05) is 21.2 Å². The monoisotopic (exact) mass is 402 g/mol. The molecule has 0 fully saturated rings. The van der Waals surface area contributed by atoms with E-state index in [2.05, 4.69) is 29.9 Å². The van der Waals surface area contributed by atoms with Crippen LogP contribution in [0.5, 0.6) is 11.6 Å². The largest absolute Gasteiger partial charge is 0.466 e. The maximum Gasteiger partial charge on any atom is 0.358 e. The topological polar surface area (TPSA) is 99.8 Å². The highest BCUT2D eigenvalue weighted by Gasteiger charge is 2.44. The van der Waals surface area contributed by atoms with Gasteiger partial charge in [0.15, 0.2) is 0 Å². The Kier molecular flexibility index (Phi) is 6.81. The Morgan fingerprint density at radius 2 is 1.79 bits per heavy atom. The van der Waals surface area contributed by atoms with Crippen LogP contribution in [-0.4, -0.2) is 44.3 Å². The summed E-state index contributed by atoms with van der Waals surface area (Å²) in [7, 11) is 6.13. The Morgan fingerprint density at radius 1 is 1.14 bits per heavy atom. The van der Waals surface area contributed by atoms with E-state index in [1.165, 1.54) is 14.2 Å². The van der Waals surface area contributed by atoms with Gasteiger partial charge in [-0.05, 0) is 43.0 Å². The van der Waals surface area contributed by atoms with Crippen molar-refractivity contribution in [1.29, 1.82) is 0 Å². The molecule has 8 nitrogen and oxygen atoms in total. The number of hydrogen-bond donors (Lipinski definition) is 1. The summed E-state index contributed by atoms with van der Waals surface area (Å²) in [5, 5.41) is 0. The minimum Gasteiger partial charge on any atom is -0.466 e. The first kappa shape index (κ1) is 22.6. The van der Waals surface area contributed by atoms with Crippen molar-refractivity contribution in [2.24, 2.45) is 5.73 Å². The van der Waals surface area contributed by atoms with Gasteiger partial charge in [-0.2, -0.15) is 4.98 Å². The molecule has 2 aromatic rings. The zero-order chi connectivity index (χ0) is 21.9. The standard InChI is InChI=1S/C21H30N4O4/c1-12(2)15-9-13(3)10-16(11-15)29-19-17(21(22,28-8)20(26)27-7)18(25(5)6)23-14(4)24-19/h9-12H,22H2,1-8H3. The van der Waals surface area contributed by atoms with Gasteiger partial charge >= 0.3 is 5.97 Å². The smallest absolute Gasteiger partial charge is 0.358 e. The Labute approximate surface area is 172 Å². The highest BCUT2D eigenvalue weighted by atomic mass is 16.6. The summed E-state index contributed by atoms with van der Waals surface area (Å²) >= 11 is 0. The Balaban J connectivity index is 2.73. The zero-order valence-electron chi connectivity index (χ0n) is 18.4. The van der Waals surface area contributed by atoms with Crippen molar-refractivity contribution in [3.8, 4) is 11.6 Å². The van der Waals surface area contributed by atoms with E-state index in [1.807, 2.05) is 19.1 Å². The summed E-state index contributed by atoms with van der Waals surface area (Å²) in [6.45, 7) is 7.95. The van der Waals surface area contributed by atoms with Crippen LogP contribution in [0.1, 0.15) is 42.3 Å². The maximum atomic E-state index is 12.5. The molecule has 2 N–H and O–H groups in total. The number of nitrogens with zero attached hydrogens (tertiary/aromatic N) is 3. The molecule has 158 valence electrons. The van der Waals surface area contributed by atoms with Gasteiger partial charge in [-0.15, -0.1) is 0 Å². The average Bonchev–Trinajstić information content (AvgIpc) is 2.65. The molecule has 1 aromatic carbocycles. The number of esters is 1. The number of methoxy groups -OCH3 is 2. The lowest BCUT2D eigenvalue weighted by molar-refractivity contribution is -0.167. The highest BCUT2D eigenvalue weighted by molar-refractivity contribution is 5.83. The molecule has 0 aliphatic carbocycles. The SMILES string of the molecule is COC(=O)C(N)(OC)c1c(Oc2cc(C)cc(C(C)C)c2)nc(C)nc1N(C)C. The van der Waals surface area contributed by atoms with Gasteiger partial charge in [0.1, 0.15) is 23.0 Å². The van der Waals surface area contributed by atoms with Crippen LogP contribution in [-0.2, 0) is 20.0 Å². The molecule has 1 unspecified atom stereocenters. The third-order valence-electron chi connectivity index (χ3n) is 4.53. The minimum atomic E-state index is -1.94. The van der Waals surface area contributed by atoms with Gasteiger partial charge in [0.25, 0.3) is 5.72 Å². The van der Waals surface area contributed by atoms with Gasteiger partial charge < -0.3 is 19.1 Å². The number of ether oxygens (including phenoxy) is 3. The molecule has 1 atom stereocenters. The summed E-state index contributed by atoms with van der Waals surface area (Å²) in [4.78, 5) is 23.1. The summed E-state index contributed by atoms with van der Waals surface area (Å²) < 4.78 is 16.4. The molecule has 0 bridgehead atoms. The molecule has 29 heavy (non-hydrogen) atoms. The summed E-state index contributed by atoms with van der Waals surface area (Å²) in [6, 6.07) is 5.94. The second-order valence-electron chi connectivity index (χ2n) is 7.44. The number of aryl methyl sites for hydroxylation is 2. The van der Waals surface area contributed by atoms with Crippen molar-refractivity contribution in [2.45, 2.75) is 39.3 Å².